The molecule has 15 aromatic carbocycles. The van der Waals surface area contributed by atoms with Crippen molar-refractivity contribution >= 4 is 94.6 Å². The fraction of sp³-hybridized carbons (Fsp3) is 0.0515. The highest BCUT2D eigenvalue weighted by Gasteiger charge is 2.67. The molecule has 0 fully saturated rings. The molecule has 0 radical (unpaired) electrons. The van der Waals surface area contributed by atoms with E-state index < -0.39 is 74.1 Å². The number of hydrogen-bond acceptors (Lipinski definition) is 12. The Morgan fingerprint density at radius 1 is 0.289 bits per heavy atom. The van der Waals surface area contributed by atoms with Gasteiger partial charge in [0.25, 0.3) is 15.6 Å². The molecule has 0 aliphatic heterocycles. The van der Waals surface area contributed by atoms with E-state index in [-0.39, 0.29) is 58.9 Å². The van der Waals surface area contributed by atoms with Crippen molar-refractivity contribution in [3.05, 3.63) is 466 Å². The third-order valence-electron chi connectivity index (χ3n) is 16.9. The van der Waals surface area contributed by atoms with Crippen molar-refractivity contribution in [1.82, 2.24) is 0 Å². The van der Waals surface area contributed by atoms with Crippen molar-refractivity contribution in [2.24, 2.45) is 0 Å². The molecule has 0 atom stereocenters. The summed E-state index contributed by atoms with van der Waals surface area (Å²) < 4.78 is 213. The number of rotatable bonds is 19. The molecule has 0 bridgehead atoms. The van der Waals surface area contributed by atoms with E-state index in [1.54, 1.807) is 36.4 Å². The van der Waals surface area contributed by atoms with Gasteiger partial charge in [-0.05, 0) is 177 Å². The Morgan fingerprint density at radius 3 is 0.617 bits per heavy atom. The van der Waals surface area contributed by atoms with Gasteiger partial charge in [-0.25, -0.2) is 42.5 Å². The molecule has 14 nitrogen and oxygen atoms in total. The fourth-order valence-electron chi connectivity index (χ4n) is 11.0. The maximum absolute atomic E-state index is 12.3. The molecule has 0 aromatic heterocycles. The van der Waals surface area contributed by atoms with Crippen LogP contribution in [0.5, 0.6) is 0 Å². The van der Waals surface area contributed by atoms with Gasteiger partial charge >= 0.3 is 28.2 Å². The summed E-state index contributed by atoms with van der Waals surface area (Å²) in [6, 6.07) is 150. The van der Waals surface area contributed by atoms with Gasteiger partial charge in [0.1, 0.15) is 10.1 Å². The first-order valence-electron chi connectivity index (χ1n) is 37.8. The van der Waals surface area contributed by atoms with Crippen LogP contribution in [0.4, 0.5) is 39.5 Å². The number of hydrogen-bond donors (Lipinski definition) is 0. The number of Topliss-reactive ketones (excluding diaryl/α,β-unsaturated/α-hetero) is 1. The fourth-order valence-corrected chi connectivity index (χ4v) is 21.5. The minimum Gasteiger partial charge on any atom is -0.744 e. The van der Waals surface area contributed by atoms with Crippen molar-refractivity contribution in [3.63, 3.8) is 0 Å². The number of aryl methyl sites for hydroxylation is 1. The second-order valence-electron chi connectivity index (χ2n) is 26.0. The van der Waals surface area contributed by atoms with E-state index in [9.17, 15) is 78.7 Å². The molecular formula is C97H78F9N2O12S8+. The average Bonchev–Trinajstić information content (AvgIpc) is 0.764. The molecule has 128 heavy (non-hydrogen) atoms. The number of benzene rings is 15. The largest absolute Gasteiger partial charge is 0.744 e. The summed E-state index contributed by atoms with van der Waals surface area (Å²) in [6.45, 7) is 1.82. The maximum atomic E-state index is 12.3. The lowest BCUT2D eigenvalue weighted by Gasteiger charge is -2.27. The summed E-state index contributed by atoms with van der Waals surface area (Å²) in [5.74, 6) is -7.04. The third kappa shape index (κ3) is 30.2. The lowest BCUT2D eigenvalue weighted by atomic mass is 10.1. The van der Waals surface area contributed by atoms with Gasteiger partial charge in [-0.15, -0.1) is 4.79 Å². The highest BCUT2D eigenvalue weighted by atomic mass is 32.2. The van der Waals surface area contributed by atoms with Crippen molar-refractivity contribution < 1.29 is 96.4 Å². The van der Waals surface area contributed by atoms with Crippen LogP contribution in [0.2, 0.25) is 0 Å². The van der Waals surface area contributed by atoms with Gasteiger partial charge in [0.2, 0.25) is 0 Å². The van der Waals surface area contributed by atoms with Crippen LogP contribution in [-0.2, 0) is 83.8 Å². The van der Waals surface area contributed by atoms with E-state index in [1.807, 2.05) is 6.92 Å². The molecule has 0 aliphatic rings. The summed E-state index contributed by atoms with van der Waals surface area (Å²) >= 11 is 0. The zero-order chi connectivity index (χ0) is 92.8. The Kier molecular flexibility index (Phi) is 38.9. The number of sulfone groups is 1. The van der Waals surface area contributed by atoms with Crippen molar-refractivity contribution in [3.8, 4) is 0 Å². The quantitative estimate of drug-likeness (QED) is 0.00842. The first-order chi connectivity index (χ1) is 61.1. The van der Waals surface area contributed by atoms with Gasteiger partial charge < -0.3 is 19.2 Å². The Morgan fingerprint density at radius 2 is 0.469 bits per heavy atom. The first-order valence-corrected chi connectivity index (χ1v) is 48.4. The van der Waals surface area contributed by atoms with Gasteiger partial charge in [-0.3, -0.25) is 4.79 Å². The van der Waals surface area contributed by atoms with Gasteiger partial charge in [0.05, 0.1) is 53.4 Å². The first kappa shape index (κ1) is 101. The molecule has 0 spiro atoms. The molecule has 0 unspecified atom stereocenters. The van der Waals surface area contributed by atoms with Gasteiger partial charge in [0, 0.05) is 5.56 Å². The standard InChI is InChI=1S/4C18H15S.C14H10N2O3S.C7H8O3S.C3H2F6O3S.CHF3O3S/c4*1-4-10-16(11-5-1)19(17-12-6-2-7-13-17)18-14-8-3-9-15-18;15-16-14(13(17)11-7-3-1-4-8-11)20(18,19)12-9-5-2-6-10-12;1-6-2-4-7(5-3-6)11(8,9)10;4-1(5)2(6,7)3(8,9)13(10,11)12;2-1(3,4)8(5,6)7/h4*1-15H;1-10H;2-5H,1H3,(H,8,9,10);1H,(H,10,11,12);(H,5,6,7)/q4*+1;;;;/p-3. The smallest absolute Gasteiger partial charge is 0.485 e. The molecule has 658 valence electrons. The Bertz CT molecular complexity index is 5530. The van der Waals surface area contributed by atoms with E-state index in [0.717, 1.165) is 5.56 Å². The van der Waals surface area contributed by atoms with Crippen LogP contribution < -0.4 is 0 Å². The van der Waals surface area contributed by atoms with Crippen LogP contribution in [-0.4, -0.2) is 86.1 Å². The van der Waals surface area contributed by atoms with E-state index >= 15 is 0 Å². The lowest BCUT2D eigenvalue weighted by Crippen LogP contribution is -2.51. The third-order valence-corrected chi connectivity index (χ3v) is 29.9. The number of carbonyl (C=O) groups is 1. The van der Waals surface area contributed by atoms with Crippen molar-refractivity contribution in [1.29, 1.82) is 0 Å². The number of alkyl halides is 9. The normalized spacial score (nSPS) is 11.3. The lowest BCUT2D eigenvalue weighted by molar-refractivity contribution is -0.227. The topological polar surface area (TPSA) is 259 Å². The van der Waals surface area contributed by atoms with Crippen LogP contribution in [0.25, 0.3) is 5.53 Å². The van der Waals surface area contributed by atoms with Crippen LogP contribution in [0, 0.1) is 6.92 Å². The van der Waals surface area contributed by atoms with Crippen LogP contribution in [0.1, 0.15) is 15.9 Å². The van der Waals surface area contributed by atoms with Crippen molar-refractivity contribution in [2.45, 2.75) is 98.6 Å². The molecule has 0 amide bonds. The molecule has 0 saturated carbocycles. The highest BCUT2D eigenvalue weighted by Crippen LogP contribution is 2.43. The second kappa shape index (κ2) is 49.2. The molecule has 15 rings (SSSR count). The van der Waals surface area contributed by atoms with Crippen LogP contribution in [0.3, 0.4) is 0 Å². The summed E-state index contributed by atoms with van der Waals surface area (Å²) in [5.41, 5.74) is 4.36. The SMILES string of the molecule is Cc1ccc(S(=O)(=O)[O-])cc1.O=S(=O)([O-])C(F)(F)C(F)(F)C(F)F.O=S(=O)([O-])C(F)(F)F.[N-]=[N+]=C(C(=O)c1ccccc1)S(=O)(=O)c1ccccc1.c1ccc([S+](c2ccccc2)c2ccccc2)cc1.c1ccc([S+](c2ccccc2)c2ccccc2)cc1.c1ccc([S+](c2ccccc2)c2ccccc2)cc1.c1ccc([S+](c2ccccc2)c2ccccc2)cc1. The summed E-state index contributed by atoms with van der Waals surface area (Å²) in [5, 5.41) is -7.20. The molecule has 0 heterocycles. The predicted octanol–water partition coefficient (Wildman–Crippen LogP) is 23.1. The summed E-state index contributed by atoms with van der Waals surface area (Å²) in [6.07, 6.45) is -4.94. The molecule has 31 heteroatoms. The Hall–Kier alpha value is -12.2. The van der Waals surface area contributed by atoms with E-state index in [1.165, 1.54) is 107 Å². The number of carbonyl (C=O) groups excluding carboxylic acids is 1. The van der Waals surface area contributed by atoms with Gasteiger partial charge in [-0.1, -0.05) is 285 Å². The number of halogens is 9. The van der Waals surface area contributed by atoms with E-state index in [4.69, 9.17) is 18.5 Å². The molecule has 15 aromatic rings. The van der Waals surface area contributed by atoms with Crippen molar-refractivity contribution in [2.75, 3.05) is 0 Å². The monoisotopic (exact) mass is 1890 g/mol. The Balaban J connectivity index is 0.000000183. The molecule has 0 aliphatic carbocycles. The second-order valence-corrected chi connectivity index (χ2v) is 40.1. The number of nitrogens with zero attached hydrogens (tertiary/aromatic N) is 2. The molecule has 0 saturated heterocycles. The highest BCUT2D eigenvalue weighted by molar-refractivity contribution is 8.08. The zero-order valence-electron chi connectivity index (χ0n) is 67.3. The van der Waals surface area contributed by atoms with Gasteiger partial charge in [-0.2, -0.15) is 30.7 Å². The van der Waals surface area contributed by atoms with Gasteiger partial charge in [0.15, 0.2) is 79.0 Å². The van der Waals surface area contributed by atoms with E-state index in [2.05, 4.69) is 369 Å². The zero-order valence-corrected chi connectivity index (χ0v) is 73.8. The number of ketones is 1. The minimum absolute atomic E-state index is 0.0146. The summed E-state index contributed by atoms with van der Waals surface area (Å²) in [4.78, 5) is 30.9. The average molecular weight is 1890 g/mol. The van der Waals surface area contributed by atoms with Crippen LogP contribution in [0.15, 0.2) is 517 Å². The Labute approximate surface area is 749 Å². The predicted molar refractivity (Wildman–Crippen MR) is 479 cm³/mol. The van der Waals surface area contributed by atoms with E-state index in [0.29, 0.717) is 0 Å². The molecular weight excluding hydrogens is 1810 g/mol. The maximum Gasteiger partial charge on any atom is 0.485 e. The minimum atomic E-state index is -6.82. The molecule has 0 N–H and O–H groups in total. The van der Waals surface area contributed by atoms with Crippen LogP contribution >= 0.6 is 0 Å². The summed E-state index contributed by atoms with van der Waals surface area (Å²) in [7, 11) is -21.4.